The largest absolute Gasteiger partial charge is 0.385 e. The molecule has 0 unspecified atom stereocenters. The Kier molecular flexibility index (Phi) is 2.93. The Bertz CT molecular complexity index is 226. The average molecular weight is 196 g/mol. The number of allylic oxidation sites excluding steroid dienone is 1. The van der Waals surface area contributed by atoms with Gasteiger partial charge in [0.05, 0.1) is 11.7 Å². The van der Waals surface area contributed by atoms with Gasteiger partial charge in [-0.25, -0.2) is 0 Å². The monoisotopic (exact) mass is 196 g/mol. The van der Waals surface area contributed by atoms with Crippen LogP contribution in [0.25, 0.3) is 0 Å². The van der Waals surface area contributed by atoms with Crippen LogP contribution in [0.2, 0.25) is 0 Å². The van der Waals surface area contributed by atoms with Gasteiger partial charge in [0.25, 0.3) is 0 Å². The van der Waals surface area contributed by atoms with E-state index in [1.54, 1.807) is 0 Å². The van der Waals surface area contributed by atoms with E-state index in [1.807, 2.05) is 6.92 Å². The Hall–Kier alpha value is -0.340. The van der Waals surface area contributed by atoms with Gasteiger partial charge in [0.15, 0.2) is 0 Å². The summed E-state index contributed by atoms with van der Waals surface area (Å²) in [6.45, 7) is 2.77. The fraction of sp³-hybridized carbons (Fsp3) is 0.833. The molecule has 1 N–H and O–H groups in total. The van der Waals surface area contributed by atoms with Crippen LogP contribution in [0.15, 0.2) is 11.6 Å². The third-order valence-corrected chi connectivity index (χ3v) is 3.42. The molecule has 0 aromatic heterocycles. The van der Waals surface area contributed by atoms with Crippen molar-refractivity contribution in [2.24, 2.45) is 0 Å². The van der Waals surface area contributed by atoms with Gasteiger partial charge in [0.1, 0.15) is 0 Å². The molecule has 0 aromatic carbocycles. The van der Waals surface area contributed by atoms with Gasteiger partial charge in [0, 0.05) is 19.4 Å². The normalized spacial score (nSPS) is 37.6. The topological polar surface area (TPSA) is 29.5 Å². The van der Waals surface area contributed by atoms with Crippen molar-refractivity contribution >= 4 is 0 Å². The van der Waals surface area contributed by atoms with E-state index in [-0.39, 0.29) is 0 Å². The average Bonchev–Trinajstić information content (AvgIpc) is 2.17. The van der Waals surface area contributed by atoms with E-state index in [2.05, 4.69) is 6.08 Å². The minimum atomic E-state index is -0.500. The van der Waals surface area contributed by atoms with Crippen LogP contribution in [0.5, 0.6) is 0 Å². The quantitative estimate of drug-likeness (QED) is 0.702. The zero-order valence-electron chi connectivity index (χ0n) is 8.96. The molecule has 1 saturated carbocycles. The molecule has 0 aliphatic heterocycles. The first-order valence-electron chi connectivity index (χ1n) is 5.78. The lowest BCUT2D eigenvalue weighted by molar-refractivity contribution is -0.117. The summed E-state index contributed by atoms with van der Waals surface area (Å²) in [6, 6.07) is 0. The second-order valence-corrected chi connectivity index (χ2v) is 4.49. The number of rotatable bonds is 3. The molecule has 0 amide bonds. The molecule has 2 nitrogen and oxygen atoms in total. The summed E-state index contributed by atoms with van der Waals surface area (Å²) in [5, 5.41) is 10.3. The summed E-state index contributed by atoms with van der Waals surface area (Å²) in [7, 11) is 0. The molecule has 1 fully saturated rings. The van der Waals surface area contributed by atoms with Crippen LogP contribution < -0.4 is 0 Å². The highest BCUT2D eigenvalue weighted by atomic mass is 16.5. The molecule has 0 radical (unpaired) electrons. The van der Waals surface area contributed by atoms with Crippen molar-refractivity contribution in [2.45, 2.75) is 57.2 Å². The lowest BCUT2D eigenvalue weighted by Gasteiger charge is -2.45. The maximum atomic E-state index is 10.3. The van der Waals surface area contributed by atoms with E-state index in [4.69, 9.17) is 4.74 Å². The van der Waals surface area contributed by atoms with Crippen LogP contribution in [-0.4, -0.2) is 23.4 Å². The smallest absolute Gasteiger partial charge is 0.0906 e. The summed E-state index contributed by atoms with van der Waals surface area (Å²) >= 11 is 0. The van der Waals surface area contributed by atoms with Crippen molar-refractivity contribution in [3.05, 3.63) is 11.6 Å². The molecular weight excluding hydrogens is 176 g/mol. The van der Waals surface area contributed by atoms with Crippen molar-refractivity contribution in [1.82, 2.24) is 0 Å². The van der Waals surface area contributed by atoms with E-state index >= 15 is 0 Å². The second kappa shape index (κ2) is 4.03. The van der Waals surface area contributed by atoms with Crippen LogP contribution in [0.4, 0.5) is 0 Å². The Morgan fingerprint density at radius 1 is 1.50 bits per heavy atom. The number of hydrogen-bond acceptors (Lipinski definition) is 2. The highest BCUT2D eigenvalue weighted by Gasteiger charge is 2.45. The predicted octanol–water partition coefficient (Wildman–Crippen LogP) is 2.42. The van der Waals surface area contributed by atoms with Gasteiger partial charge in [-0.05, 0) is 38.2 Å². The van der Waals surface area contributed by atoms with Gasteiger partial charge < -0.3 is 9.84 Å². The molecule has 2 rings (SSSR count). The fourth-order valence-electron chi connectivity index (χ4n) is 2.57. The number of hydrogen-bond donors (Lipinski definition) is 1. The zero-order chi connectivity index (χ0) is 10.0. The van der Waals surface area contributed by atoms with E-state index in [9.17, 15) is 5.11 Å². The third kappa shape index (κ3) is 1.86. The second-order valence-electron chi connectivity index (χ2n) is 4.49. The predicted molar refractivity (Wildman–Crippen MR) is 56.1 cm³/mol. The minimum absolute atomic E-state index is 0.299. The van der Waals surface area contributed by atoms with E-state index < -0.39 is 5.60 Å². The number of ether oxygens (including phenoxy) is 1. The van der Waals surface area contributed by atoms with Gasteiger partial charge in [-0.3, -0.25) is 0 Å². The molecule has 0 spiro atoms. The summed E-state index contributed by atoms with van der Waals surface area (Å²) in [5.41, 5.74) is 0.778. The molecule has 2 aliphatic carbocycles. The van der Waals surface area contributed by atoms with Gasteiger partial charge in [0.2, 0.25) is 0 Å². The standard InChI is InChI=1S/C12H20O2/c1-2-14-11-8-12(13,9-11)10-6-4-3-5-7-10/h6,11,13H,2-5,7-9H2,1H3. The minimum Gasteiger partial charge on any atom is -0.385 e. The first-order valence-corrected chi connectivity index (χ1v) is 5.78. The van der Waals surface area contributed by atoms with Crippen molar-refractivity contribution in [3.8, 4) is 0 Å². The highest BCUT2D eigenvalue weighted by molar-refractivity contribution is 5.23. The first kappa shape index (κ1) is 10.2. The van der Waals surface area contributed by atoms with Crippen LogP contribution in [0.1, 0.15) is 45.4 Å². The first-order chi connectivity index (χ1) is 6.74. The van der Waals surface area contributed by atoms with Gasteiger partial charge >= 0.3 is 0 Å². The van der Waals surface area contributed by atoms with E-state index in [1.165, 1.54) is 18.4 Å². The van der Waals surface area contributed by atoms with Crippen LogP contribution in [0, 0.1) is 0 Å². The molecule has 14 heavy (non-hydrogen) atoms. The zero-order valence-corrected chi connectivity index (χ0v) is 8.96. The summed E-state index contributed by atoms with van der Waals surface area (Å²) in [5.74, 6) is 0. The molecule has 2 aliphatic rings. The van der Waals surface area contributed by atoms with Gasteiger partial charge in [-0.15, -0.1) is 0 Å². The molecule has 80 valence electrons. The van der Waals surface area contributed by atoms with Crippen molar-refractivity contribution in [1.29, 1.82) is 0 Å². The Morgan fingerprint density at radius 2 is 2.29 bits per heavy atom. The molecule has 0 aromatic rings. The van der Waals surface area contributed by atoms with E-state index in [0.29, 0.717) is 6.10 Å². The van der Waals surface area contributed by atoms with Gasteiger partial charge in [-0.2, -0.15) is 0 Å². The summed E-state index contributed by atoms with van der Waals surface area (Å²) < 4.78 is 5.48. The Labute approximate surface area is 86.0 Å². The number of aliphatic hydroxyl groups is 1. The lowest BCUT2D eigenvalue weighted by Crippen LogP contribution is -2.50. The van der Waals surface area contributed by atoms with E-state index in [0.717, 1.165) is 32.3 Å². The van der Waals surface area contributed by atoms with Gasteiger partial charge in [-0.1, -0.05) is 6.08 Å². The fourth-order valence-corrected chi connectivity index (χ4v) is 2.57. The maximum absolute atomic E-state index is 10.3. The molecule has 0 bridgehead atoms. The lowest BCUT2D eigenvalue weighted by atomic mass is 9.70. The summed E-state index contributed by atoms with van der Waals surface area (Å²) in [6.07, 6.45) is 8.94. The van der Waals surface area contributed by atoms with Crippen molar-refractivity contribution in [3.63, 3.8) is 0 Å². The molecular formula is C12H20O2. The van der Waals surface area contributed by atoms with Crippen molar-refractivity contribution < 1.29 is 9.84 Å². The molecule has 2 heteroatoms. The van der Waals surface area contributed by atoms with Crippen LogP contribution in [-0.2, 0) is 4.74 Å². The SMILES string of the molecule is CCOC1CC(O)(C2=CCCCC2)C1. The molecule has 0 atom stereocenters. The van der Waals surface area contributed by atoms with Crippen LogP contribution >= 0.6 is 0 Å². The summed E-state index contributed by atoms with van der Waals surface area (Å²) in [4.78, 5) is 0. The molecule has 0 heterocycles. The Balaban J connectivity index is 1.89. The van der Waals surface area contributed by atoms with Crippen LogP contribution in [0.3, 0.4) is 0 Å². The molecule has 0 saturated heterocycles. The third-order valence-electron chi connectivity index (χ3n) is 3.42. The maximum Gasteiger partial charge on any atom is 0.0906 e. The Morgan fingerprint density at radius 3 is 2.86 bits per heavy atom. The highest BCUT2D eigenvalue weighted by Crippen LogP contribution is 2.43. The van der Waals surface area contributed by atoms with Crippen molar-refractivity contribution in [2.75, 3.05) is 6.61 Å².